The van der Waals surface area contributed by atoms with E-state index in [1.165, 1.54) is 302 Å². The summed E-state index contributed by atoms with van der Waals surface area (Å²) >= 11 is 0. The molecule has 522 valence electrons. The highest BCUT2D eigenvalue weighted by molar-refractivity contribution is 5.70. The molecular formula is C85H152O5. The maximum atomic E-state index is 12.4. The molecule has 0 fully saturated rings. The molecule has 5 heteroatoms. The van der Waals surface area contributed by atoms with Gasteiger partial charge in [0.15, 0.2) is 6.10 Å². The molecule has 0 aromatic rings. The van der Waals surface area contributed by atoms with Crippen molar-refractivity contribution >= 4 is 11.9 Å². The highest BCUT2D eigenvalue weighted by atomic mass is 16.6. The second-order valence-electron chi connectivity index (χ2n) is 26.8. The number of hydrogen-bond donors (Lipinski definition) is 1. The Bertz CT molecular complexity index is 1660. The van der Waals surface area contributed by atoms with Gasteiger partial charge in [0, 0.05) is 12.8 Å². The average Bonchev–Trinajstić information content (AvgIpc) is 3.62. The van der Waals surface area contributed by atoms with Gasteiger partial charge in [-0.15, -0.1) is 0 Å². The minimum Gasteiger partial charge on any atom is -0.462 e. The molecule has 0 bridgehead atoms. The van der Waals surface area contributed by atoms with Gasteiger partial charge in [0.05, 0.1) is 6.61 Å². The first-order valence-corrected chi connectivity index (χ1v) is 39.8. The molecule has 0 amide bonds. The Labute approximate surface area is 561 Å². The normalized spacial score (nSPS) is 12.7. The molecule has 0 spiro atoms. The van der Waals surface area contributed by atoms with Crippen LogP contribution in [0.2, 0.25) is 0 Å². The fourth-order valence-corrected chi connectivity index (χ4v) is 11.9. The fraction of sp³-hybridized carbons (Fsp3) is 0.788. The summed E-state index contributed by atoms with van der Waals surface area (Å²) < 4.78 is 10.8. The standard InChI is InChI=1S/C85H152O5/c1-3-5-7-9-11-13-15-17-19-21-23-25-27-29-31-33-35-37-39-41-42-44-45-47-49-51-53-55-57-59-61-63-65-67-69-71-73-75-77-79-84(87)89-82-83(81-86)90-85(88)80-78-76-74-72-70-68-66-64-62-60-58-56-54-52-50-48-46-43-40-38-36-34-32-30-28-26-24-22-20-18-16-14-12-10-8-6-4-2/h6,8,12,14-15,17-18,20-21,23-24,26,30,32,36,38,83,86H,3-5,7,9-11,13,16,19,22,25,27-29,31,33-35,37,39-82H2,1-2H3/b8-6-,14-12-,17-15-,20-18-,23-21-,26-24-,32-30-,38-36-. The third-order valence-electron chi connectivity index (χ3n) is 17.9. The zero-order valence-corrected chi connectivity index (χ0v) is 60.1. The first-order chi connectivity index (χ1) is 44.6. The van der Waals surface area contributed by atoms with Crippen LogP contribution in [0.15, 0.2) is 97.2 Å². The average molecular weight is 1250 g/mol. The predicted molar refractivity (Wildman–Crippen MR) is 399 cm³/mol. The van der Waals surface area contributed by atoms with E-state index in [-0.39, 0.29) is 25.2 Å². The van der Waals surface area contributed by atoms with E-state index >= 15 is 0 Å². The summed E-state index contributed by atoms with van der Waals surface area (Å²) in [6.45, 7) is 4.07. The number of hydrogen-bond acceptors (Lipinski definition) is 5. The minimum atomic E-state index is -0.775. The summed E-state index contributed by atoms with van der Waals surface area (Å²) in [7, 11) is 0. The lowest BCUT2D eigenvalue weighted by molar-refractivity contribution is -0.161. The summed E-state index contributed by atoms with van der Waals surface area (Å²) in [5, 5.41) is 9.73. The van der Waals surface area contributed by atoms with E-state index in [2.05, 4.69) is 111 Å². The number of allylic oxidation sites excluding steroid dienone is 16. The topological polar surface area (TPSA) is 72.8 Å². The Morgan fingerprint density at radius 3 is 0.722 bits per heavy atom. The molecule has 0 aliphatic carbocycles. The van der Waals surface area contributed by atoms with Crippen molar-refractivity contribution < 1.29 is 24.2 Å². The van der Waals surface area contributed by atoms with Crippen molar-refractivity contribution in [3.8, 4) is 0 Å². The largest absolute Gasteiger partial charge is 0.462 e. The Balaban J connectivity index is 3.40. The van der Waals surface area contributed by atoms with Crippen molar-refractivity contribution in [1.82, 2.24) is 0 Å². The van der Waals surface area contributed by atoms with E-state index in [1.807, 2.05) is 0 Å². The molecule has 0 heterocycles. The first-order valence-electron chi connectivity index (χ1n) is 39.8. The Morgan fingerprint density at radius 1 is 0.267 bits per heavy atom. The van der Waals surface area contributed by atoms with Gasteiger partial charge in [0.25, 0.3) is 0 Å². The van der Waals surface area contributed by atoms with Gasteiger partial charge in [-0.3, -0.25) is 9.59 Å². The van der Waals surface area contributed by atoms with Crippen LogP contribution in [0.4, 0.5) is 0 Å². The molecule has 90 heavy (non-hydrogen) atoms. The monoisotopic (exact) mass is 1250 g/mol. The van der Waals surface area contributed by atoms with Gasteiger partial charge in [-0.25, -0.2) is 0 Å². The lowest BCUT2D eigenvalue weighted by Gasteiger charge is -2.15. The van der Waals surface area contributed by atoms with Gasteiger partial charge >= 0.3 is 11.9 Å². The van der Waals surface area contributed by atoms with Gasteiger partial charge in [-0.1, -0.05) is 400 Å². The third kappa shape index (κ3) is 77.3. The predicted octanol–water partition coefficient (Wildman–Crippen LogP) is 28.1. The number of aliphatic hydroxyl groups is 1. The number of esters is 2. The molecule has 1 N–H and O–H groups in total. The number of ether oxygens (including phenoxy) is 2. The summed E-state index contributed by atoms with van der Waals surface area (Å²) in [6, 6.07) is 0. The first kappa shape index (κ1) is 86.8. The highest BCUT2D eigenvalue weighted by Crippen LogP contribution is 2.19. The molecule has 0 aromatic heterocycles. The second-order valence-corrected chi connectivity index (χ2v) is 26.8. The van der Waals surface area contributed by atoms with E-state index < -0.39 is 6.10 Å². The van der Waals surface area contributed by atoms with Crippen molar-refractivity contribution in [3.05, 3.63) is 97.2 Å². The third-order valence-corrected chi connectivity index (χ3v) is 17.9. The lowest BCUT2D eigenvalue weighted by Crippen LogP contribution is -2.28. The molecular weight excluding hydrogens is 1100 g/mol. The van der Waals surface area contributed by atoms with Crippen molar-refractivity contribution in [2.24, 2.45) is 0 Å². The van der Waals surface area contributed by atoms with Crippen LogP contribution in [0.3, 0.4) is 0 Å². The molecule has 0 aliphatic rings. The zero-order chi connectivity index (χ0) is 64.7. The number of carbonyl (C=O) groups is 2. The summed E-state index contributed by atoms with van der Waals surface area (Å²) in [6.07, 6.45) is 115. The summed E-state index contributed by atoms with van der Waals surface area (Å²) in [5.74, 6) is -0.570. The molecule has 0 radical (unpaired) electrons. The van der Waals surface area contributed by atoms with E-state index in [0.717, 1.165) is 83.5 Å². The molecule has 0 rings (SSSR count). The number of rotatable bonds is 74. The highest BCUT2D eigenvalue weighted by Gasteiger charge is 2.16. The number of aliphatic hydroxyl groups excluding tert-OH is 1. The Hall–Kier alpha value is -3.18. The van der Waals surface area contributed by atoms with E-state index in [1.54, 1.807) is 0 Å². The van der Waals surface area contributed by atoms with E-state index in [0.29, 0.717) is 12.8 Å². The van der Waals surface area contributed by atoms with Crippen LogP contribution in [0, 0.1) is 0 Å². The van der Waals surface area contributed by atoms with Crippen LogP contribution in [-0.4, -0.2) is 36.4 Å². The summed E-state index contributed by atoms with van der Waals surface area (Å²) in [5.41, 5.74) is 0. The Morgan fingerprint density at radius 2 is 0.478 bits per heavy atom. The molecule has 0 saturated carbocycles. The SMILES string of the molecule is CC/C=C\C/C=C\C/C=C\C/C=C\C/C=C\C/C=C\CCCCCCCCCCCCCCCCCCCCC(=O)OC(CO)COC(=O)CCCCCCCCCCCCCCCCCCCCCCCCCCCCC/C=C\C/C=C\CCCCCCC. The molecule has 1 unspecified atom stereocenters. The van der Waals surface area contributed by atoms with Crippen LogP contribution in [0.5, 0.6) is 0 Å². The maximum absolute atomic E-state index is 12.4. The van der Waals surface area contributed by atoms with Crippen LogP contribution in [0.25, 0.3) is 0 Å². The van der Waals surface area contributed by atoms with Gasteiger partial charge < -0.3 is 14.6 Å². The zero-order valence-electron chi connectivity index (χ0n) is 60.1. The van der Waals surface area contributed by atoms with Crippen LogP contribution in [0.1, 0.15) is 412 Å². The Kier molecular flexibility index (Phi) is 77.2. The van der Waals surface area contributed by atoms with Crippen molar-refractivity contribution in [2.75, 3.05) is 13.2 Å². The van der Waals surface area contributed by atoms with Crippen LogP contribution in [-0.2, 0) is 19.1 Å². The second kappa shape index (κ2) is 80.1. The van der Waals surface area contributed by atoms with Crippen molar-refractivity contribution in [2.45, 2.75) is 418 Å². The van der Waals surface area contributed by atoms with E-state index in [9.17, 15) is 14.7 Å². The van der Waals surface area contributed by atoms with Crippen molar-refractivity contribution in [3.63, 3.8) is 0 Å². The van der Waals surface area contributed by atoms with Crippen LogP contribution < -0.4 is 0 Å². The minimum absolute atomic E-state index is 0.0626. The van der Waals surface area contributed by atoms with Gasteiger partial charge in [0.1, 0.15) is 6.61 Å². The van der Waals surface area contributed by atoms with Gasteiger partial charge in [-0.05, 0) is 96.3 Å². The maximum Gasteiger partial charge on any atom is 0.306 e. The number of carbonyl (C=O) groups excluding carboxylic acids is 2. The quantitative estimate of drug-likeness (QED) is 0.0373. The van der Waals surface area contributed by atoms with Crippen LogP contribution >= 0.6 is 0 Å². The molecule has 0 aromatic carbocycles. The number of unbranched alkanes of at least 4 members (excludes halogenated alkanes) is 50. The molecule has 0 saturated heterocycles. The van der Waals surface area contributed by atoms with Gasteiger partial charge in [-0.2, -0.15) is 0 Å². The van der Waals surface area contributed by atoms with Gasteiger partial charge in [0.2, 0.25) is 0 Å². The lowest BCUT2D eigenvalue weighted by atomic mass is 10.0. The van der Waals surface area contributed by atoms with Crippen molar-refractivity contribution in [1.29, 1.82) is 0 Å². The molecule has 0 aliphatic heterocycles. The molecule has 5 nitrogen and oxygen atoms in total. The fourth-order valence-electron chi connectivity index (χ4n) is 11.9. The van der Waals surface area contributed by atoms with E-state index in [4.69, 9.17) is 9.47 Å². The smallest absolute Gasteiger partial charge is 0.306 e. The summed E-state index contributed by atoms with van der Waals surface area (Å²) in [4.78, 5) is 24.7. The molecule has 1 atom stereocenters.